The van der Waals surface area contributed by atoms with Crippen LogP contribution in [0.25, 0.3) is 0 Å². The molecule has 3 heteroatoms. The maximum Gasteiger partial charge on any atom is 0.126 e. The lowest BCUT2D eigenvalue weighted by Crippen LogP contribution is -2.21. The highest BCUT2D eigenvalue weighted by molar-refractivity contribution is 5.46. The van der Waals surface area contributed by atoms with E-state index in [0.29, 0.717) is 0 Å². The summed E-state index contributed by atoms with van der Waals surface area (Å²) in [6, 6.07) is 6.03. The van der Waals surface area contributed by atoms with Gasteiger partial charge in [0.1, 0.15) is 5.75 Å². The summed E-state index contributed by atoms with van der Waals surface area (Å²) in [7, 11) is 1.64. The van der Waals surface area contributed by atoms with E-state index in [1.807, 2.05) is 26.8 Å². The number of benzene rings is 1. The summed E-state index contributed by atoms with van der Waals surface area (Å²) < 4.78 is 5.40. The van der Waals surface area contributed by atoms with Crippen molar-refractivity contribution in [3.63, 3.8) is 0 Å². The van der Waals surface area contributed by atoms with Crippen molar-refractivity contribution in [2.45, 2.75) is 33.2 Å². The molecule has 2 unspecified atom stereocenters. The van der Waals surface area contributed by atoms with Crippen molar-refractivity contribution in [2.75, 3.05) is 7.11 Å². The van der Waals surface area contributed by atoms with Gasteiger partial charge in [0, 0.05) is 11.6 Å². The van der Waals surface area contributed by atoms with Crippen LogP contribution in [0.2, 0.25) is 0 Å². The number of nitrogens with two attached hydrogens (primary N) is 1. The Balaban J connectivity index is 3.25. The lowest BCUT2D eigenvalue weighted by molar-refractivity contribution is 0.394. The first-order chi connectivity index (χ1) is 8.04. The summed E-state index contributed by atoms with van der Waals surface area (Å²) in [4.78, 5) is 0. The van der Waals surface area contributed by atoms with Gasteiger partial charge in [0.05, 0.1) is 19.1 Å². The standard InChI is InChI=1S/C14H20N2O/c1-5-11(8-15)13(16)12-7-9(2)6-10(3)14(12)17-4/h6-7,11,13H,5,16H2,1-4H3. The number of ether oxygens (including phenoxy) is 1. The fraction of sp³-hybridized carbons (Fsp3) is 0.500. The molecule has 0 aliphatic rings. The second kappa shape index (κ2) is 5.70. The van der Waals surface area contributed by atoms with Gasteiger partial charge in [-0.1, -0.05) is 24.6 Å². The van der Waals surface area contributed by atoms with Gasteiger partial charge in [-0.2, -0.15) is 5.26 Å². The number of aryl methyl sites for hydroxylation is 2. The molecule has 0 spiro atoms. The molecule has 0 saturated carbocycles. The van der Waals surface area contributed by atoms with Gasteiger partial charge in [0.15, 0.2) is 0 Å². The van der Waals surface area contributed by atoms with E-state index in [9.17, 15) is 0 Å². The van der Waals surface area contributed by atoms with Crippen molar-refractivity contribution in [1.29, 1.82) is 5.26 Å². The minimum Gasteiger partial charge on any atom is -0.496 e. The van der Waals surface area contributed by atoms with Gasteiger partial charge in [-0.15, -0.1) is 0 Å². The predicted molar refractivity (Wildman–Crippen MR) is 68.8 cm³/mol. The van der Waals surface area contributed by atoms with Crippen molar-refractivity contribution >= 4 is 0 Å². The Hall–Kier alpha value is -1.53. The van der Waals surface area contributed by atoms with Crippen molar-refractivity contribution in [1.82, 2.24) is 0 Å². The van der Waals surface area contributed by atoms with E-state index >= 15 is 0 Å². The Morgan fingerprint density at radius 1 is 1.41 bits per heavy atom. The zero-order valence-corrected chi connectivity index (χ0v) is 10.9. The molecule has 17 heavy (non-hydrogen) atoms. The minimum atomic E-state index is -0.293. The fourth-order valence-electron chi connectivity index (χ4n) is 2.16. The van der Waals surface area contributed by atoms with E-state index in [4.69, 9.17) is 15.7 Å². The van der Waals surface area contributed by atoms with E-state index in [1.165, 1.54) is 0 Å². The van der Waals surface area contributed by atoms with Gasteiger partial charge in [-0.3, -0.25) is 0 Å². The number of hydrogen-bond donors (Lipinski definition) is 1. The average Bonchev–Trinajstić information content (AvgIpc) is 2.29. The number of rotatable bonds is 4. The molecule has 0 radical (unpaired) electrons. The van der Waals surface area contributed by atoms with Gasteiger partial charge in [0.2, 0.25) is 0 Å². The van der Waals surface area contributed by atoms with Crippen LogP contribution < -0.4 is 10.5 Å². The topological polar surface area (TPSA) is 59.0 Å². The highest BCUT2D eigenvalue weighted by atomic mass is 16.5. The van der Waals surface area contributed by atoms with Crippen molar-refractivity contribution < 1.29 is 4.74 Å². The zero-order chi connectivity index (χ0) is 13.0. The summed E-state index contributed by atoms with van der Waals surface area (Å²) in [6.45, 7) is 5.99. The molecule has 2 N–H and O–H groups in total. The van der Waals surface area contributed by atoms with Crippen LogP contribution in [0.1, 0.15) is 36.1 Å². The molecule has 0 fully saturated rings. The molecular weight excluding hydrogens is 212 g/mol. The number of hydrogen-bond acceptors (Lipinski definition) is 3. The molecule has 92 valence electrons. The van der Waals surface area contributed by atoms with Crippen LogP contribution in [0.3, 0.4) is 0 Å². The van der Waals surface area contributed by atoms with Gasteiger partial charge < -0.3 is 10.5 Å². The lowest BCUT2D eigenvalue weighted by atomic mass is 9.90. The van der Waals surface area contributed by atoms with Crippen LogP contribution in [0, 0.1) is 31.1 Å². The van der Waals surface area contributed by atoms with Crippen molar-refractivity contribution in [2.24, 2.45) is 11.7 Å². The molecule has 3 nitrogen and oxygen atoms in total. The molecule has 2 atom stereocenters. The number of methoxy groups -OCH3 is 1. The normalized spacial score (nSPS) is 13.9. The van der Waals surface area contributed by atoms with Crippen LogP contribution in [0.4, 0.5) is 0 Å². The first-order valence-electron chi connectivity index (χ1n) is 5.85. The molecule has 0 aliphatic carbocycles. The summed E-state index contributed by atoms with van der Waals surface area (Å²) in [5.74, 6) is 0.627. The van der Waals surface area contributed by atoms with Crippen molar-refractivity contribution in [3.05, 3.63) is 28.8 Å². The second-order valence-electron chi connectivity index (χ2n) is 4.37. The molecule has 0 bridgehead atoms. The first kappa shape index (κ1) is 13.5. The Morgan fingerprint density at radius 2 is 2.06 bits per heavy atom. The third-order valence-electron chi connectivity index (χ3n) is 3.05. The largest absolute Gasteiger partial charge is 0.496 e. The average molecular weight is 232 g/mol. The van der Waals surface area contributed by atoms with E-state index in [2.05, 4.69) is 12.1 Å². The Bertz CT molecular complexity index is 435. The van der Waals surface area contributed by atoms with E-state index in [-0.39, 0.29) is 12.0 Å². The smallest absolute Gasteiger partial charge is 0.126 e. The molecule has 0 saturated heterocycles. The number of nitrogens with zero attached hydrogens (tertiary/aromatic N) is 1. The first-order valence-corrected chi connectivity index (χ1v) is 5.85. The van der Waals surface area contributed by atoms with E-state index < -0.39 is 0 Å². The van der Waals surface area contributed by atoms with Gasteiger partial charge in [-0.25, -0.2) is 0 Å². The van der Waals surface area contributed by atoms with Crippen LogP contribution in [0.5, 0.6) is 5.75 Å². The Labute approximate surface area is 103 Å². The van der Waals surface area contributed by atoms with Crippen LogP contribution >= 0.6 is 0 Å². The molecule has 1 rings (SSSR count). The molecule has 1 aromatic rings. The summed E-state index contributed by atoms with van der Waals surface area (Å²) in [5.41, 5.74) is 9.30. The van der Waals surface area contributed by atoms with Crippen LogP contribution in [0.15, 0.2) is 12.1 Å². The van der Waals surface area contributed by atoms with Gasteiger partial charge in [-0.05, 0) is 25.8 Å². The predicted octanol–water partition coefficient (Wildman–Crippen LogP) is 2.86. The van der Waals surface area contributed by atoms with E-state index in [0.717, 1.165) is 28.9 Å². The van der Waals surface area contributed by atoms with E-state index in [1.54, 1.807) is 7.11 Å². The Morgan fingerprint density at radius 3 is 2.53 bits per heavy atom. The lowest BCUT2D eigenvalue weighted by Gasteiger charge is -2.21. The minimum absolute atomic E-state index is 0.176. The number of nitriles is 1. The third kappa shape index (κ3) is 2.78. The molecule has 0 amide bonds. The monoisotopic (exact) mass is 232 g/mol. The molecular formula is C14H20N2O. The second-order valence-corrected chi connectivity index (χ2v) is 4.37. The highest BCUT2D eigenvalue weighted by Crippen LogP contribution is 2.33. The molecule has 0 aromatic heterocycles. The SMILES string of the molecule is CCC(C#N)C(N)c1cc(C)cc(C)c1OC. The molecule has 0 heterocycles. The summed E-state index contributed by atoms with van der Waals surface area (Å²) in [6.07, 6.45) is 0.744. The highest BCUT2D eigenvalue weighted by Gasteiger charge is 2.22. The zero-order valence-electron chi connectivity index (χ0n) is 10.9. The maximum absolute atomic E-state index is 9.09. The van der Waals surface area contributed by atoms with Gasteiger partial charge >= 0.3 is 0 Å². The summed E-state index contributed by atoms with van der Waals surface area (Å²) >= 11 is 0. The fourth-order valence-corrected chi connectivity index (χ4v) is 2.16. The molecule has 0 aliphatic heterocycles. The Kier molecular flexibility index (Phi) is 4.53. The van der Waals surface area contributed by atoms with Gasteiger partial charge in [0.25, 0.3) is 0 Å². The maximum atomic E-state index is 9.09. The molecule has 1 aromatic carbocycles. The van der Waals surface area contributed by atoms with Crippen molar-refractivity contribution in [3.8, 4) is 11.8 Å². The van der Waals surface area contributed by atoms with Crippen LogP contribution in [-0.4, -0.2) is 7.11 Å². The van der Waals surface area contributed by atoms with Crippen LogP contribution in [-0.2, 0) is 0 Å². The summed E-state index contributed by atoms with van der Waals surface area (Å²) in [5, 5.41) is 9.09. The third-order valence-corrected chi connectivity index (χ3v) is 3.05. The quantitative estimate of drug-likeness (QED) is 0.868.